The number of fused-ring (bicyclic) bond motifs is 1. The number of esters is 1. The van der Waals surface area contributed by atoms with E-state index in [1.54, 1.807) is 42.9 Å². The van der Waals surface area contributed by atoms with Gasteiger partial charge in [-0.3, -0.25) is 4.79 Å². The molecule has 0 bridgehead atoms. The van der Waals surface area contributed by atoms with Gasteiger partial charge in [-0.05, 0) is 79.4 Å². The molecular formula is C25H21BrN2O5. The van der Waals surface area contributed by atoms with Crippen molar-refractivity contribution in [3.63, 3.8) is 0 Å². The quantitative estimate of drug-likeness (QED) is 0.417. The van der Waals surface area contributed by atoms with E-state index in [0.717, 1.165) is 40.8 Å². The Bertz CT molecular complexity index is 1200. The summed E-state index contributed by atoms with van der Waals surface area (Å²) in [4.78, 5) is 25.5. The molecule has 3 heterocycles. The SMILES string of the molecule is O=C(OCC(=O)N1N=C2C(=Cc3ccco3)CCCC2C1c1ccco1)c1ccc(Br)cc1. The average Bonchev–Trinajstić information content (AvgIpc) is 3.58. The number of hydrogen-bond acceptors (Lipinski definition) is 6. The third kappa shape index (κ3) is 4.43. The lowest BCUT2D eigenvalue weighted by Crippen LogP contribution is -2.34. The monoisotopic (exact) mass is 508 g/mol. The third-order valence-electron chi connectivity index (χ3n) is 5.86. The highest BCUT2D eigenvalue weighted by Gasteiger charge is 2.45. The van der Waals surface area contributed by atoms with Gasteiger partial charge in [-0.1, -0.05) is 15.9 Å². The Balaban J connectivity index is 1.39. The molecule has 2 unspecified atom stereocenters. The molecule has 0 N–H and O–H groups in total. The van der Waals surface area contributed by atoms with Crippen molar-refractivity contribution >= 4 is 39.6 Å². The van der Waals surface area contributed by atoms with Gasteiger partial charge in [0.25, 0.3) is 5.91 Å². The Morgan fingerprint density at radius 3 is 2.64 bits per heavy atom. The van der Waals surface area contributed by atoms with Crippen molar-refractivity contribution in [3.05, 3.63) is 88.2 Å². The summed E-state index contributed by atoms with van der Waals surface area (Å²) in [7, 11) is 0. The zero-order chi connectivity index (χ0) is 22.8. The number of carbonyl (C=O) groups excluding carboxylic acids is 2. The molecule has 5 rings (SSSR count). The zero-order valence-electron chi connectivity index (χ0n) is 17.6. The van der Waals surface area contributed by atoms with Crippen LogP contribution in [0.3, 0.4) is 0 Å². The molecule has 1 aliphatic heterocycles. The number of nitrogens with zero attached hydrogens (tertiary/aromatic N) is 2. The molecule has 1 fully saturated rings. The van der Waals surface area contributed by atoms with Gasteiger partial charge in [0.2, 0.25) is 0 Å². The molecule has 0 spiro atoms. The molecule has 1 aliphatic carbocycles. The summed E-state index contributed by atoms with van der Waals surface area (Å²) in [6.45, 7) is -0.410. The molecule has 1 aromatic carbocycles. The molecule has 168 valence electrons. The van der Waals surface area contributed by atoms with Crippen LogP contribution in [0, 0.1) is 5.92 Å². The van der Waals surface area contributed by atoms with Gasteiger partial charge in [0.1, 0.15) is 17.6 Å². The summed E-state index contributed by atoms with van der Waals surface area (Å²) in [6, 6.07) is 13.8. The van der Waals surface area contributed by atoms with E-state index < -0.39 is 18.5 Å². The van der Waals surface area contributed by atoms with Crippen LogP contribution in [0.15, 0.2) is 85.0 Å². The van der Waals surface area contributed by atoms with E-state index in [4.69, 9.17) is 18.7 Å². The summed E-state index contributed by atoms with van der Waals surface area (Å²) in [5.74, 6) is 0.438. The first-order chi connectivity index (χ1) is 16.1. The number of benzene rings is 1. The molecule has 1 saturated carbocycles. The van der Waals surface area contributed by atoms with Gasteiger partial charge in [-0.25, -0.2) is 9.80 Å². The van der Waals surface area contributed by atoms with Crippen LogP contribution in [0.25, 0.3) is 6.08 Å². The molecular weight excluding hydrogens is 488 g/mol. The maximum Gasteiger partial charge on any atom is 0.338 e. The Morgan fingerprint density at radius 2 is 1.91 bits per heavy atom. The normalized spacial score (nSPS) is 21.1. The maximum atomic E-state index is 13.2. The first kappa shape index (κ1) is 21.5. The summed E-state index contributed by atoms with van der Waals surface area (Å²) < 4.78 is 17.3. The Morgan fingerprint density at radius 1 is 1.12 bits per heavy atom. The van der Waals surface area contributed by atoms with Crippen molar-refractivity contribution in [1.29, 1.82) is 0 Å². The van der Waals surface area contributed by atoms with Gasteiger partial charge < -0.3 is 13.6 Å². The topological polar surface area (TPSA) is 85.3 Å². The fraction of sp³-hybridized carbons (Fsp3) is 0.240. The lowest BCUT2D eigenvalue weighted by Gasteiger charge is -2.27. The first-order valence-corrected chi connectivity index (χ1v) is 11.5. The summed E-state index contributed by atoms with van der Waals surface area (Å²) in [5, 5.41) is 6.12. The van der Waals surface area contributed by atoms with Crippen LogP contribution in [0.4, 0.5) is 0 Å². The average molecular weight is 509 g/mol. The number of allylic oxidation sites excluding steroid dienone is 1. The van der Waals surface area contributed by atoms with Gasteiger partial charge >= 0.3 is 5.97 Å². The Hall–Kier alpha value is -3.39. The Kier molecular flexibility index (Phi) is 6.00. The zero-order valence-corrected chi connectivity index (χ0v) is 19.2. The van der Waals surface area contributed by atoms with E-state index in [-0.39, 0.29) is 12.0 Å². The van der Waals surface area contributed by atoms with Crippen LogP contribution in [0.1, 0.15) is 47.2 Å². The second-order valence-electron chi connectivity index (χ2n) is 7.95. The fourth-order valence-electron chi connectivity index (χ4n) is 4.35. The predicted molar refractivity (Wildman–Crippen MR) is 124 cm³/mol. The number of ether oxygens (including phenoxy) is 1. The second kappa shape index (κ2) is 9.23. The van der Waals surface area contributed by atoms with Crippen LogP contribution in [0.2, 0.25) is 0 Å². The van der Waals surface area contributed by atoms with E-state index >= 15 is 0 Å². The van der Waals surface area contributed by atoms with Gasteiger partial charge in [-0.15, -0.1) is 0 Å². The molecule has 2 atom stereocenters. The predicted octanol–water partition coefficient (Wildman–Crippen LogP) is 5.62. The maximum absolute atomic E-state index is 13.2. The van der Waals surface area contributed by atoms with Crippen molar-refractivity contribution in [2.45, 2.75) is 25.3 Å². The summed E-state index contributed by atoms with van der Waals surface area (Å²) in [6.07, 6.45) is 7.89. The fourth-order valence-corrected chi connectivity index (χ4v) is 4.62. The first-order valence-electron chi connectivity index (χ1n) is 10.7. The minimum atomic E-state index is -0.562. The second-order valence-corrected chi connectivity index (χ2v) is 8.87. The molecule has 2 aliphatic rings. The van der Waals surface area contributed by atoms with E-state index in [0.29, 0.717) is 11.3 Å². The van der Waals surface area contributed by atoms with Crippen molar-refractivity contribution in [3.8, 4) is 0 Å². The number of amides is 1. The van der Waals surface area contributed by atoms with Gasteiger partial charge in [0.05, 0.1) is 23.8 Å². The Labute approximate surface area is 198 Å². The van der Waals surface area contributed by atoms with Crippen LogP contribution in [-0.4, -0.2) is 29.2 Å². The smallest absolute Gasteiger partial charge is 0.338 e. The van der Waals surface area contributed by atoms with E-state index in [1.807, 2.05) is 24.3 Å². The lowest BCUT2D eigenvalue weighted by molar-refractivity contribution is -0.137. The molecule has 8 heteroatoms. The van der Waals surface area contributed by atoms with Crippen molar-refractivity contribution < 1.29 is 23.2 Å². The number of hydrazone groups is 1. The number of rotatable bonds is 5. The van der Waals surface area contributed by atoms with E-state index in [2.05, 4.69) is 15.9 Å². The summed E-state index contributed by atoms with van der Waals surface area (Å²) >= 11 is 3.33. The van der Waals surface area contributed by atoms with E-state index in [9.17, 15) is 9.59 Å². The van der Waals surface area contributed by atoms with Crippen LogP contribution in [-0.2, 0) is 9.53 Å². The number of carbonyl (C=O) groups is 2. The molecule has 33 heavy (non-hydrogen) atoms. The van der Waals surface area contributed by atoms with Crippen LogP contribution >= 0.6 is 15.9 Å². The standard InChI is InChI=1S/C25H21BrN2O5/c26-18-10-8-16(9-11-18)25(30)33-15-22(29)28-24(21-7-3-13-32-21)20-6-1-4-17(23(20)27-28)14-19-5-2-12-31-19/h2-3,5,7-14,20,24H,1,4,6,15H2. The minimum Gasteiger partial charge on any atom is -0.467 e. The molecule has 1 amide bonds. The van der Waals surface area contributed by atoms with Crippen molar-refractivity contribution in [2.75, 3.05) is 6.61 Å². The van der Waals surface area contributed by atoms with Gasteiger partial charge in [-0.2, -0.15) is 5.10 Å². The van der Waals surface area contributed by atoms with E-state index in [1.165, 1.54) is 5.01 Å². The molecule has 7 nitrogen and oxygen atoms in total. The van der Waals surface area contributed by atoms with Crippen molar-refractivity contribution in [1.82, 2.24) is 5.01 Å². The minimum absolute atomic E-state index is 0.00256. The number of halogens is 1. The lowest BCUT2D eigenvalue weighted by atomic mass is 9.79. The van der Waals surface area contributed by atoms with Crippen LogP contribution in [0.5, 0.6) is 0 Å². The highest BCUT2D eigenvalue weighted by molar-refractivity contribution is 9.10. The number of hydrogen-bond donors (Lipinski definition) is 0. The highest BCUT2D eigenvalue weighted by atomic mass is 79.9. The van der Waals surface area contributed by atoms with Crippen molar-refractivity contribution in [2.24, 2.45) is 11.0 Å². The molecule has 0 radical (unpaired) electrons. The highest BCUT2D eigenvalue weighted by Crippen LogP contribution is 2.44. The van der Waals surface area contributed by atoms with Crippen LogP contribution < -0.4 is 0 Å². The molecule has 2 aromatic heterocycles. The molecule has 3 aromatic rings. The number of furan rings is 2. The third-order valence-corrected chi connectivity index (χ3v) is 6.39. The van der Waals surface area contributed by atoms with Gasteiger partial charge in [0.15, 0.2) is 6.61 Å². The largest absolute Gasteiger partial charge is 0.467 e. The summed E-state index contributed by atoms with van der Waals surface area (Å²) in [5.41, 5.74) is 2.27. The molecule has 0 saturated heterocycles. The van der Waals surface area contributed by atoms with Gasteiger partial charge in [0, 0.05) is 10.4 Å².